The molecule has 3 nitrogen and oxygen atoms in total. The molecule has 1 aliphatic rings. The van der Waals surface area contributed by atoms with Crippen molar-refractivity contribution < 1.29 is 9.50 Å². The van der Waals surface area contributed by atoms with Crippen molar-refractivity contribution in [1.29, 1.82) is 0 Å². The Balaban J connectivity index is 2.19. The Kier molecular flexibility index (Phi) is 3.12. The van der Waals surface area contributed by atoms with Crippen molar-refractivity contribution in [3.05, 3.63) is 30.1 Å². The van der Waals surface area contributed by atoms with E-state index in [1.807, 2.05) is 4.90 Å². The highest BCUT2D eigenvalue weighted by molar-refractivity contribution is 5.48. The smallest absolute Gasteiger partial charge is 0.146 e. The van der Waals surface area contributed by atoms with E-state index in [0.29, 0.717) is 18.7 Å². The van der Waals surface area contributed by atoms with Crippen molar-refractivity contribution in [2.45, 2.75) is 18.4 Å². The molecule has 0 spiro atoms. The highest BCUT2D eigenvalue weighted by Crippen LogP contribution is 2.27. The average Bonchev–Trinajstić information content (AvgIpc) is 2.30. The van der Waals surface area contributed by atoms with Crippen LogP contribution in [0.4, 0.5) is 10.1 Å². The van der Waals surface area contributed by atoms with Gasteiger partial charge in [-0.05, 0) is 25.0 Å². The Morgan fingerprint density at radius 1 is 1.44 bits per heavy atom. The van der Waals surface area contributed by atoms with Gasteiger partial charge in [-0.1, -0.05) is 12.1 Å². The minimum absolute atomic E-state index is 0.220. The number of hydrogen-bond acceptors (Lipinski definition) is 3. The van der Waals surface area contributed by atoms with Gasteiger partial charge in [-0.2, -0.15) is 0 Å². The molecule has 88 valence electrons. The Labute approximate surface area is 94.7 Å². The summed E-state index contributed by atoms with van der Waals surface area (Å²) in [5.74, 6) is -0.247. The first-order chi connectivity index (χ1) is 7.64. The highest BCUT2D eigenvalue weighted by Gasteiger charge is 2.32. The van der Waals surface area contributed by atoms with Crippen LogP contribution in [0.3, 0.4) is 0 Å². The Bertz CT molecular complexity index is 372. The number of halogens is 1. The third kappa shape index (κ3) is 2.18. The fourth-order valence-electron chi connectivity index (χ4n) is 2.19. The van der Waals surface area contributed by atoms with Crippen molar-refractivity contribution in [1.82, 2.24) is 0 Å². The monoisotopic (exact) mass is 224 g/mol. The van der Waals surface area contributed by atoms with Crippen LogP contribution in [0.15, 0.2) is 24.3 Å². The molecule has 0 amide bonds. The quantitative estimate of drug-likeness (QED) is 0.791. The van der Waals surface area contributed by atoms with Crippen LogP contribution in [0, 0.1) is 5.82 Å². The van der Waals surface area contributed by atoms with Crippen LogP contribution in [0.25, 0.3) is 0 Å². The Hall–Kier alpha value is -1.13. The first-order valence-corrected chi connectivity index (χ1v) is 5.56. The summed E-state index contributed by atoms with van der Waals surface area (Å²) in [6.07, 6.45) is 1.52. The molecule has 1 heterocycles. The van der Waals surface area contributed by atoms with Crippen LogP contribution in [-0.4, -0.2) is 30.3 Å². The molecule has 0 radical (unpaired) electrons. The van der Waals surface area contributed by atoms with Gasteiger partial charge in [0, 0.05) is 19.6 Å². The van der Waals surface area contributed by atoms with Crippen LogP contribution in [0.5, 0.6) is 0 Å². The number of anilines is 1. The summed E-state index contributed by atoms with van der Waals surface area (Å²) >= 11 is 0. The number of β-amino-alcohol motifs (C(OH)–C–C–N with tert-alkyl or cyclic N) is 1. The van der Waals surface area contributed by atoms with E-state index in [0.717, 1.165) is 13.0 Å². The number of rotatable bonds is 2. The van der Waals surface area contributed by atoms with Gasteiger partial charge in [0.25, 0.3) is 0 Å². The van der Waals surface area contributed by atoms with Crippen LogP contribution >= 0.6 is 0 Å². The lowest BCUT2D eigenvalue weighted by Crippen LogP contribution is -2.52. The maximum Gasteiger partial charge on any atom is 0.146 e. The average molecular weight is 224 g/mol. The summed E-state index contributed by atoms with van der Waals surface area (Å²) in [6, 6.07) is 6.63. The predicted molar refractivity (Wildman–Crippen MR) is 61.9 cm³/mol. The summed E-state index contributed by atoms with van der Waals surface area (Å²) in [6.45, 7) is 1.39. The molecule has 0 aliphatic carbocycles. The van der Waals surface area contributed by atoms with Crippen LogP contribution < -0.4 is 10.6 Å². The number of benzene rings is 1. The van der Waals surface area contributed by atoms with Gasteiger partial charge in [0.15, 0.2) is 0 Å². The molecule has 0 bridgehead atoms. The van der Waals surface area contributed by atoms with E-state index >= 15 is 0 Å². The number of nitrogens with zero attached hydrogens (tertiary/aromatic N) is 1. The Morgan fingerprint density at radius 3 is 2.88 bits per heavy atom. The van der Waals surface area contributed by atoms with Crippen LogP contribution in [0.2, 0.25) is 0 Å². The van der Waals surface area contributed by atoms with E-state index < -0.39 is 5.60 Å². The minimum atomic E-state index is -0.874. The highest BCUT2D eigenvalue weighted by atomic mass is 19.1. The molecular weight excluding hydrogens is 207 g/mol. The first kappa shape index (κ1) is 11.4. The predicted octanol–water partition coefficient (Wildman–Crippen LogP) is 1.12. The molecule has 1 aromatic rings. The van der Waals surface area contributed by atoms with Crippen LogP contribution in [0.1, 0.15) is 12.8 Å². The minimum Gasteiger partial charge on any atom is -0.387 e. The zero-order valence-electron chi connectivity index (χ0n) is 9.19. The second kappa shape index (κ2) is 4.39. The van der Waals surface area contributed by atoms with Gasteiger partial charge in [-0.3, -0.25) is 0 Å². The third-order valence-electron chi connectivity index (χ3n) is 3.13. The molecule has 1 atom stereocenters. The van der Waals surface area contributed by atoms with Crippen LogP contribution in [-0.2, 0) is 0 Å². The molecule has 3 N–H and O–H groups in total. The maximum atomic E-state index is 13.6. The number of para-hydroxylation sites is 1. The summed E-state index contributed by atoms with van der Waals surface area (Å²) in [7, 11) is 0. The summed E-state index contributed by atoms with van der Waals surface area (Å²) < 4.78 is 13.6. The van der Waals surface area contributed by atoms with E-state index in [2.05, 4.69) is 0 Å². The molecule has 2 rings (SSSR count). The molecule has 1 fully saturated rings. The fraction of sp³-hybridized carbons (Fsp3) is 0.500. The number of hydrogen-bond donors (Lipinski definition) is 2. The van der Waals surface area contributed by atoms with E-state index in [1.165, 1.54) is 6.07 Å². The van der Waals surface area contributed by atoms with E-state index in [-0.39, 0.29) is 12.4 Å². The third-order valence-corrected chi connectivity index (χ3v) is 3.13. The zero-order valence-corrected chi connectivity index (χ0v) is 9.19. The standard InChI is InChI=1S/C12H17FN2O/c13-10-4-1-2-5-11(10)15-7-3-6-12(16,8-14)9-15/h1-2,4-5,16H,3,6-9,14H2. The second-order valence-electron chi connectivity index (χ2n) is 4.40. The number of nitrogens with two attached hydrogens (primary N) is 1. The van der Waals surface area contributed by atoms with E-state index in [9.17, 15) is 9.50 Å². The molecule has 1 aromatic carbocycles. The lowest BCUT2D eigenvalue weighted by Gasteiger charge is -2.39. The molecule has 0 aromatic heterocycles. The van der Waals surface area contributed by atoms with Gasteiger partial charge in [0.05, 0.1) is 11.3 Å². The molecular formula is C12H17FN2O. The molecule has 16 heavy (non-hydrogen) atoms. The molecule has 0 saturated carbocycles. The van der Waals surface area contributed by atoms with Crippen molar-refractivity contribution in [2.75, 3.05) is 24.5 Å². The molecule has 1 saturated heterocycles. The van der Waals surface area contributed by atoms with Gasteiger partial charge in [-0.15, -0.1) is 0 Å². The summed E-state index contributed by atoms with van der Waals surface area (Å²) in [5.41, 5.74) is 5.22. The molecule has 1 aliphatic heterocycles. The SMILES string of the molecule is NCC1(O)CCCN(c2ccccc2F)C1. The maximum absolute atomic E-state index is 13.6. The number of aliphatic hydroxyl groups is 1. The van der Waals surface area contributed by atoms with Gasteiger partial charge in [-0.25, -0.2) is 4.39 Å². The van der Waals surface area contributed by atoms with E-state index in [4.69, 9.17) is 5.73 Å². The number of piperidine rings is 1. The van der Waals surface area contributed by atoms with Gasteiger partial charge in [0.2, 0.25) is 0 Å². The van der Waals surface area contributed by atoms with Gasteiger partial charge < -0.3 is 15.7 Å². The summed E-state index contributed by atoms with van der Waals surface area (Å²) in [4.78, 5) is 1.87. The molecule has 1 unspecified atom stereocenters. The summed E-state index contributed by atoms with van der Waals surface area (Å²) in [5, 5.41) is 10.1. The zero-order chi connectivity index (χ0) is 11.6. The lowest BCUT2D eigenvalue weighted by molar-refractivity contribution is 0.0345. The Morgan fingerprint density at radius 2 is 2.19 bits per heavy atom. The van der Waals surface area contributed by atoms with E-state index in [1.54, 1.807) is 18.2 Å². The van der Waals surface area contributed by atoms with Crippen molar-refractivity contribution in [2.24, 2.45) is 5.73 Å². The molecule has 4 heteroatoms. The lowest BCUT2D eigenvalue weighted by atomic mass is 9.92. The van der Waals surface area contributed by atoms with Crippen molar-refractivity contribution >= 4 is 5.69 Å². The van der Waals surface area contributed by atoms with Crippen molar-refractivity contribution in [3.8, 4) is 0 Å². The topological polar surface area (TPSA) is 49.5 Å². The van der Waals surface area contributed by atoms with Crippen molar-refractivity contribution in [3.63, 3.8) is 0 Å². The second-order valence-corrected chi connectivity index (χ2v) is 4.40. The fourth-order valence-corrected chi connectivity index (χ4v) is 2.19. The largest absolute Gasteiger partial charge is 0.387 e. The normalized spacial score (nSPS) is 25.8. The first-order valence-electron chi connectivity index (χ1n) is 5.56. The van der Waals surface area contributed by atoms with Gasteiger partial charge >= 0.3 is 0 Å². The van der Waals surface area contributed by atoms with Gasteiger partial charge in [0.1, 0.15) is 5.82 Å².